The first-order chi connectivity index (χ1) is 14.5. The number of carbonyl (C=O) groups is 2. The number of aromatic nitrogens is 1. The Morgan fingerprint density at radius 2 is 2.00 bits per heavy atom. The van der Waals surface area contributed by atoms with Gasteiger partial charge in [-0.15, -0.1) is 0 Å². The van der Waals surface area contributed by atoms with Gasteiger partial charge in [-0.3, -0.25) is 4.98 Å². The van der Waals surface area contributed by atoms with Crippen LogP contribution in [0.2, 0.25) is 0 Å². The van der Waals surface area contributed by atoms with Gasteiger partial charge in [0.05, 0.1) is 42.4 Å². The molecule has 1 saturated heterocycles. The number of amides is 1. The first-order valence-corrected chi connectivity index (χ1v) is 9.81. The van der Waals surface area contributed by atoms with E-state index in [1.165, 1.54) is 7.11 Å². The lowest BCUT2D eigenvalue weighted by Gasteiger charge is -2.39. The first kappa shape index (κ1) is 21.6. The molecule has 2 aromatic rings. The zero-order valence-corrected chi connectivity index (χ0v) is 17.5. The van der Waals surface area contributed by atoms with E-state index in [9.17, 15) is 9.59 Å². The van der Waals surface area contributed by atoms with Crippen LogP contribution < -0.4 is 10.2 Å². The number of nitrogens with zero attached hydrogens (tertiary/aromatic N) is 2. The number of ether oxygens (including phenoxy) is 3. The molecule has 1 fully saturated rings. The number of aryl methyl sites for hydroxylation is 1. The highest BCUT2D eigenvalue weighted by molar-refractivity contribution is 5.91. The molecule has 2 heterocycles. The van der Waals surface area contributed by atoms with E-state index in [0.717, 1.165) is 11.3 Å². The predicted octanol–water partition coefficient (Wildman–Crippen LogP) is 2.70. The Hall–Kier alpha value is -3.13. The molecule has 2 atom stereocenters. The lowest BCUT2D eigenvalue weighted by atomic mass is 10.0. The smallest absolute Gasteiger partial charge is 0.407 e. The number of alkyl carbamates (subject to hydrolysis) is 1. The van der Waals surface area contributed by atoms with Gasteiger partial charge >= 0.3 is 12.1 Å². The van der Waals surface area contributed by atoms with Crippen LogP contribution in [0.1, 0.15) is 28.0 Å². The van der Waals surface area contributed by atoms with Crippen LogP contribution in [0.5, 0.6) is 0 Å². The number of hydrogen-bond acceptors (Lipinski definition) is 7. The highest BCUT2D eigenvalue weighted by Crippen LogP contribution is 2.23. The van der Waals surface area contributed by atoms with Crippen molar-refractivity contribution in [3.63, 3.8) is 0 Å². The molecule has 30 heavy (non-hydrogen) atoms. The Morgan fingerprint density at radius 1 is 1.23 bits per heavy atom. The molecule has 1 N–H and O–H groups in total. The lowest BCUT2D eigenvalue weighted by molar-refractivity contribution is 0.0545. The third-order valence-electron chi connectivity index (χ3n) is 5.22. The summed E-state index contributed by atoms with van der Waals surface area (Å²) in [5, 5.41) is 2.91. The number of nitrogens with one attached hydrogen (secondary N) is 1. The van der Waals surface area contributed by atoms with Crippen molar-refractivity contribution in [3.05, 3.63) is 59.4 Å². The van der Waals surface area contributed by atoms with Crippen LogP contribution in [0.3, 0.4) is 0 Å². The van der Waals surface area contributed by atoms with Gasteiger partial charge in [-0.2, -0.15) is 0 Å². The van der Waals surface area contributed by atoms with E-state index in [2.05, 4.69) is 15.2 Å². The molecule has 0 radical (unpaired) electrons. The number of piperidine rings is 1. The first-order valence-electron chi connectivity index (χ1n) is 9.81. The Labute approximate surface area is 176 Å². The average molecular weight is 413 g/mol. The molecule has 0 aliphatic carbocycles. The Bertz CT molecular complexity index is 874. The topological polar surface area (TPSA) is 90.0 Å². The summed E-state index contributed by atoms with van der Waals surface area (Å²) in [5.74, 6) is -0.414. The van der Waals surface area contributed by atoms with Crippen LogP contribution in [0.15, 0.2) is 42.6 Å². The van der Waals surface area contributed by atoms with Crippen molar-refractivity contribution in [1.82, 2.24) is 10.3 Å². The van der Waals surface area contributed by atoms with Crippen molar-refractivity contribution >= 4 is 17.7 Å². The molecule has 0 saturated carbocycles. The Morgan fingerprint density at radius 3 is 2.70 bits per heavy atom. The van der Waals surface area contributed by atoms with Crippen LogP contribution in [-0.2, 0) is 20.8 Å². The van der Waals surface area contributed by atoms with Crippen LogP contribution >= 0.6 is 0 Å². The van der Waals surface area contributed by atoms with Gasteiger partial charge in [0, 0.05) is 20.2 Å². The van der Waals surface area contributed by atoms with Gasteiger partial charge in [0.15, 0.2) is 0 Å². The molecular formula is C22H27N3O5. The number of methoxy groups -OCH3 is 2. The molecule has 1 amide bonds. The highest BCUT2D eigenvalue weighted by atomic mass is 16.5. The van der Waals surface area contributed by atoms with Crippen molar-refractivity contribution < 1.29 is 23.8 Å². The molecular weight excluding hydrogens is 386 g/mol. The summed E-state index contributed by atoms with van der Waals surface area (Å²) < 4.78 is 15.8. The van der Waals surface area contributed by atoms with Crippen LogP contribution in [0.25, 0.3) is 0 Å². The van der Waals surface area contributed by atoms with Gasteiger partial charge in [-0.05, 0) is 25.0 Å². The molecule has 160 valence electrons. The van der Waals surface area contributed by atoms with Gasteiger partial charge in [0.25, 0.3) is 0 Å². The van der Waals surface area contributed by atoms with Gasteiger partial charge in [0.1, 0.15) is 6.61 Å². The molecule has 1 aromatic carbocycles. The van der Waals surface area contributed by atoms with Crippen LogP contribution in [0, 0.1) is 6.92 Å². The van der Waals surface area contributed by atoms with Crippen molar-refractivity contribution in [2.24, 2.45) is 0 Å². The quantitative estimate of drug-likeness (QED) is 0.728. The van der Waals surface area contributed by atoms with E-state index in [1.54, 1.807) is 26.3 Å². The molecule has 1 aliphatic rings. The zero-order valence-electron chi connectivity index (χ0n) is 17.5. The zero-order chi connectivity index (χ0) is 21.5. The minimum atomic E-state index is -0.468. The van der Waals surface area contributed by atoms with E-state index in [1.807, 2.05) is 30.3 Å². The van der Waals surface area contributed by atoms with Crippen molar-refractivity contribution in [1.29, 1.82) is 0 Å². The number of benzene rings is 1. The monoisotopic (exact) mass is 413 g/mol. The fourth-order valence-corrected chi connectivity index (χ4v) is 3.48. The second kappa shape index (κ2) is 10.1. The summed E-state index contributed by atoms with van der Waals surface area (Å²) in [5.41, 5.74) is 2.80. The number of rotatable bonds is 6. The molecule has 1 aliphatic heterocycles. The summed E-state index contributed by atoms with van der Waals surface area (Å²) in [4.78, 5) is 30.6. The van der Waals surface area contributed by atoms with Gasteiger partial charge in [-0.1, -0.05) is 30.3 Å². The summed E-state index contributed by atoms with van der Waals surface area (Å²) >= 11 is 0. The number of esters is 1. The van der Waals surface area contributed by atoms with Crippen molar-refractivity contribution in [2.45, 2.75) is 32.1 Å². The van der Waals surface area contributed by atoms with Gasteiger partial charge in [-0.25, -0.2) is 9.59 Å². The molecule has 0 spiro atoms. The molecule has 3 rings (SSSR count). The second-order valence-electron chi connectivity index (χ2n) is 7.14. The third kappa shape index (κ3) is 5.27. The van der Waals surface area contributed by atoms with E-state index in [0.29, 0.717) is 30.8 Å². The molecule has 8 nitrogen and oxygen atoms in total. The summed E-state index contributed by atoms with van der Waals surface area (Å²) in [6.07, 6.45) is 1.70. The fourth-order valence-electron chi connectivity index (χ4n) is 3.48. The van der Waals surface area contributed by atoms with Gasteiger partial charge < -0.3 is 24.4 Å². The fraction of sp³-hybridized carbons (Fsp3) is 0.409. The number of anilines is 1. The largest absolute Gasteiger partial charge is 0.465 e. The van der Waals surface area contributed by atoms with Crippen LogP contribution in [-0.4, -0.2) is 56.5 Å². The van der Waals surface area contributed by atoms with Crippen LogP contribution in [0.4, 0.5) is 10.5 Å². The summed E-state index contributed by atoms with van der Waals surface area (Å²) in [7, 11) is 2.97. The number of hydrogen-bond donors (Lipinski definition) is 1. The highest BCUT2D eigenvalue weighted by Gasteiger charge is 2.31. The predicted molar refractivity (Wildman–Crippen MR) is 111 cm³/mol. The van der Waals surface area contributed by atoms with E-state index < -0.39 is 12.1 Å². The molecule has 0 bridgehead atoms. The maximum atomic E-state index is 12.2. The Kier molecular flexibility index (Phi) is 7.24. The minimum absolute atomic E-state index is 0.173. The van der Waals surface area contributed by atoms with Gasteiger partial charge in [0.2, 0.25) is 0 Å². The molecule has 2 unspecified atom stereocenters. The SMILES string of the molecule is COC(=O)c1cc(N2CCC(NC(=O)OCc3ccccc3)C(OC)C2)cnc1C. The van der Waals surface area contributed by atoms with E-state index in [-0.39, 0.29) is 18.8 Å². The molecule has 8 heteroatoms. The number of pyridine rings is 1. The minimum Gasteiger partial charge on any atom is -0.465 e. The van der Waals surface area contributed by atoms with Crippen molar-refractivity contribution in [3.8, 4) is 0 Å². The maximum absolute atomic E-state index is 12.2. The van der Waals surface area contributed by atoms with E-state index >= 15 is 0 Å². The molecule has 1 aromatic heterocycles. The van der Waals surface area contributed by atoms with E-state index in [4.69, 9.17) is 14.2 Å². The number of carbonyl (C=O) groups excluding carboxylic acids is 2. The lowest BCUT2D eigenvalue weighted by Crippen LogP contribution is -2.55. The maximum Gasteiger partial charge on any atom is 0.407 e. The second-order valence-corrected chi connectivity index (χ2v) is 7.14. The third-order valence-corrected chi connectivity index (χ3v) is 5.22. The summed E-state index contributed by atoms with van der Waals surface area (Å²) in [6, 6.07) is 11.1. The van der Waals surface area contributed by atoms with Crippen molar-refractivity contribution in [2.75, 3.05) is 32.2 Å². The average Bonchev–Trinajstić information content (AvgIpc) is 2.78. The standard InChI is InChI=1S/C22H27N3O5/c1-15-18(21(26)29-3)11-17(12-23-15)25-10-9-19(20(13-25)28-2)24-22(27)30-14-16-7-5-4-6-8-16/h4-8,11-12,19-20H,9-10,13-14H2,1-3H3,(H,24,27). The Balaban J connectivity index is 1.59. The normalized spacial score (nSPS) is 18.6. The summed E-state index contributed by atoms with van der Waals surface area (Å²) in [6.45, 7) is 3.21.